The molecule has 0 aliphatic carbocycles. The predicted octanol–water partition coefficient (Wildman–Crippen LogP) is 3.61. The second-order valence-electron chi connectivity index (χ2n) is 5.96. The van der Waals surface area contributed by atoms with Crippen molar-refractivity contribution in [1.29, 1.82) is 0 Å². The van der Waals surface area contributed by atoms with Gasteiger partial charge in [0.1, 0.15) is 12.0 Å². The van der Waals surface area contributed by atoms with Gasteiger partial charge in [0, 0.05) is 17.0 Å². The number of hydrogen-bond donors (Lipinski definition) is 2. The Bertz CT molecular complexity index is 883. The van der Waals surface area contributed by atoms with E-state index < -0.39 is 6.04 Å². The fraction of sp³-hybridized carbons (Fsp3) is 0.158. The van der Waals surface area contributed by atoms with Crippen molar-refractivity contribution in [3.63, 3.8) is 0 Å². The number of amides is 1. The Labute approximate surface area is 155 Å². The summed E-state index contributed by atoms with van der Waals surface area (Å²) in [7, 11) is 0. The van der Waals surface area contributed by atoms with Crippen LogP contribution in [0.5, 0.6) is 0 Å². The lowest BCUT2D eigenvalue weighted by Gasteiger charge is -2.43. The number of anilines is 1. The van der Waals surface area contributed by atoms with Gasteiger partial charge in [-0.25, -0.2) is 4.39 Å². The maximum absolute atomic E-state index is 13.4. The van der Waals surface area contributed by atoms with E-state index in [1.165, 1.54) is 23.9 Å². The van der Waals surface area contributed by atoms with Gasteiger partial charge in [-0.3, -0.25) is 9.80 Å². The van der Waals surface area contributed by atoms with Crippen molar-refractivity contribution in [1.82, 2.24) is 10.3 Å². The van der Waals surface area contributed by atoms with Crippen LogP contribution in [0.1, 0.15) is 23.3 Å². The van der Waals surface area contributed by atoms with Crippen molar-refractivity contribution in [3.8, 4) is 0 Å². The van der Waals surface area contributed by atoms with Crippen molar-refractivity contribution >= 4 is 28.5 Å². The highest BCUT2D eigenvalue weighted by Crippen LogP contribution is 2.42. The van der Waals surface area contributed by atoms with Gasteiger partial charge in [0.15, 0.2) is 11.2 Å². The molecule has 2 atom stereocenters. The van der Waals surface area contributed by atoms with Crippen molar-refractivity contribution in [2.24, 2.45) is 5.10 Å². The third-order valence-corrected chi connectivity index (χ3v) is 5.14. The van der Waals surface area contributed by atoms with Gasteiger partial charge in [-0.05, 0) is 23.8 Å². The first kappa shape index (κ1) is 16.7. The van der Waals surface area contributed by atoms with Crippen LogP contribution in [0.3, 0.4) is 0 Å². The molecule has 4 rings (SSSR count). The summed E-state index contributed by atoms with van der Waals surface area (Å²) in [4.78, 5) is 12.8. The summed E-state index contributed by atoms with van der Waals surface area (Å²) in [6.07, 6.45) is 1.38. The number of carbonyl (C=O) groups is 1. The van der Waals surface area contributed by atoms with Gasteiger partial charge in [-0.15, -0.1) is 11.7 Å². The van der Waals surface area contributed by atoms with Gasteiger partial charge < -0.3 is 10.6 Å². The average molecular weight is 368 g/mol. The Balaban J connectivity index is 1.79. The van der Waals surface area contributed by atoms with Crippen LogP contribution in [0.4, 0.5) is 10.1 Å². The Morgan fingerprint density at radius 2 is 2.00 bits per heavy atom. The number of thioether (sulfide) groups is 1. The number of hydrazone groups is 1. The minimum atomic E-state index is -0.546. The van der Waals surface area contributed by atoms with E-state index in [0.29, 0.717) is 10.9 Å². The Hall–Kier alpha value is -2.80. The van der Waals surface area contributed by atoms with Gasteiger partial charge in [0.2, 0.25) is 0 Å². The Kier molecular flexibility index (Phi) is 4.38. The summed E-state index contributed by atoms with van der Waals surface area (Å²) in [6, 6.07) is 13.3. The molecule has 1 amide bonds. The summed E-state index contributed by atoms with van der Waals surface area (Å²) >= 11 is 1.41. The van der Waals surface area contributed by atoms with Crippen LogP contribution < -0.4 is 10.6 Å². The van der Waals surface area contributed by atoms with Crippen molar-refractivity contribution < 1.29 is 9.18 Å². The number of benzene rings is 2. The monoisotopic (exact) mass is 368 g/mol. The van der Waals surface area contributed by atoms with Crippen molar-refractivity contribution in [2.75, 3.05) is 11.1 Å². The molecule has 0 radical (unpaired) electrons. The largest absolute Gasteiger partial charge is 0.360 e. The molecule has 2 aliphatic heterocycles. The molecule has 2 aromatic rings. The van der Waals surface area contributed by atoms with Crippen LogP contribution in [-0.2, 0) is 4.79 Å². The van der Waals surface area contributed by atoms with Gasteiger partial charge in [0.05, 0.1) is 0 Å². The molecule has 0 spiro atoms. The number of amidine groups is 1. The Morgan fingerprint density at radius 1 is 1.23 bits per heavy atom. The molecule has 7 heteroatoms. The molecular formula is C19H17FN4OS. The Morgan fingerprint density at radius 3 is 2.77 bits per heavy atom. The summed E-state index contributed by atoms with van der Waals surface area (Å²) in [5.41, 5.74) is 2.56. The number of nitrogens with one attached hydrogen (secondary N) is 2. The standard InChI is InChI=1S/C19H17FN4OS/c1-2-11-26-19-22-18(25)16-14-5-3-4-6-15(14)21-17(24(16)23-19)12-7-9-13(20)10-8-12/h2-10,16-17,21H,1,11H2,(H,22,23,25)/t16-,17+/m1/s1. The fourth-order valence-corrected chi connectivity index (χ4v) is 3.74. The summed E-state index contributed by atoms with van der Waals surface area (Å²) in [5, 5.41) is 13.2. The van der Waals surface area contributed by atoms with Gasteiger partial charge in [-0.2, -0.15) is 0 Å². The van der Waals surface area contributed by atoms with Crippen molar-refractivity contribution in [2.45, 2.75) is 12.2 Å². The minimum absolute atomic E-state index is 0.132. The zero-order valence-corrected chi connectivity index (χ0v) is 14.7. The van der Waals surface area contributed by atoms with Crippen LogP contribution in [0.2, 0.25) is 0 Å². The fourth-order valence-electron chi connectivity index (χ4n) is 3.14. The molecule has 26 heavy (non-hydrogen) atoms. The molecule has 5 nitrogen and oxygen atoms in total. The first-order valence-corrected chi connectivity index (χ1v) is 9.18. The van der Waals surface area contributed by atoms with Crippen LogP contribution in [0.25, 0.3) is 0 Å². The van der Waals surface area contributed by atoms with Crippen LogP contribution in [0, 0.1) is 5.82 Å². The SMILES string of the molecule is C=CCSC1=NN2[C@@H](c3ccc(F)cc3)Nc3ccccc3[C@@H]2C(=O)N1. The quantitative estimate of drug-likeness (QED) is 0.813. The highest BCUT2D eigenvalue weighted by molar-refractivity contribution is 8.14. The number of rotatable bonds is 3. The van der Waals surface area contributed by atoms with E-state index >= 15 is 0 Å². The number of carbonyl (C=O) groups excluding carboxylic acids is 1. The molecule has 0 unspecified atom stereocenters. The van der Waals surface area contributed by atoms with Gasteiger partial charge >= 0.3 is 0 Å². The molecule has 132 valence electrons. The van der Waals surface area contributed by atoms with E-state index in [0.717, 1.165) is 16.8 Å². The number of hydrogen-bond acceptors (Lipinski definition) is 5. The summed E-state index contributed by atoms with van der Waals surface area (Å²) < 4.78 is 13.4. The first-order chi connectivity index (χ1) is 12.7. The molecular weight excluding hydrogens is 351 g/mol. The number of halogens is 1. The van der Waals surface area contributed by atoms with E-state index in [1.54, 1.807) is 23.2 Å². The minimum Gasteiger partial charge on any atom is -0.360 e. The lowest BCUT2D eigenvalue weighted by molar-refractivity contribution is -0.127. The number of para-hydroxylation sites is 1. The molecule has 0 saturated carbocycles. The normalized spacial score (nSPS) is 21.0. The van der Waals surface area contributed by atoms with Crippen molar-refractivity contribution in [3.05, 3.63) is 78.1 Å². The summed E-state index contributed by atoms with van der Waals surface area (Å²) in [6.45, 7) is 3.70. The molecule has 2 aliphatic rings. The van der Waals surface area contributed by atoms with Gasteiger partial charge in [0.25, 0.3) is 5.91 Å². The smallest absolute Gasteiger partial charge is 0.255 e. The third kappa shape index (κ3) is 2.94. The van der Waals surface area contributed by atoms with Gasteiger partial charge in [-0.1, -0.05) is 48.2 Å². The zero-order chi connectivity index (χ0) is 18.1. The van der Waals surface area contributed by atoms with Crippen LogP contribution in [-0.4, -0.2) is 21.8 Å². The van der Waals surface area contributed by atoms with E-state index in [-0.39, 0.29) is 17.9 Å². The molecule has 2 N–H and O–H groups in total. The van der Waals surface area contributed by atoms with Crippen LogP contribution in [0.15, 0.2) is 66.3 Å². The van der Waals surface area contributed by atoms with E-state index in [2.05, 4.69) is 22.3 Å². The molecule has 0 bridgehead atoms. The summed E-state index contributed by atoms with van der Waals surface area (Å²) in [5.74, 6) is 0.208. The zero-order valence-electron chi connectivity index (χ0n) is 13.9. The number of fused-ring (bicyclic) bond motifs is 3. The third-order valence-electron chi connectivity index (χ3n) is 4.29. The average Bonchev–Trinajstić information content (AvgIpc) is 2.66. The first-order valence-electron chi connectivity index (χ1n) is 8.20. The molecule has 2 aromatic carbocycles. The molecule has 0 saturated heterocycles. The predicted molar refractivity (Wildman–Crippen MR) is 102 cm³/mol. The van der Waals surface area contributed by atoms with E-state index in [4.69, 9.17) is 0 Å². The maximum Gasteiger partial charge on any atom is 0.255 e. The molecule has 0 aromatic heterocycles. The lowest BCUT2D eigenvalue weighted by atomic mass is 9.97. The molecule has 0 fully saturated rings. The lowest BCUT2D eigenvalue weighted by Crippen LogP contribution is -2.50. The van der Waals surface area contributed by atoms with E-state index in [1.807, 2.05) is 24.3 Å². The number of nitrogens with zero attached hydrogens (tertiary/aromatic N) is 2. The molecule has 2 heterocycles. The second-order valence-corrected chi connectivity index (χ2v) is 6.97. The van der Waals surface area contributed by atoms with Crippen LogP contribution >= 0.6 is 11.8 Å². The highest BCUT2D eigenvalue weighted by atomic mass is 32.2. The topological polar surface area (TPSA) is 56.7 Å². The second kappa shape index (κ2) is 6.84. The highest BCUT2D eigenvalue weighted by Gasteiger charge is 2.41. The maximum atomic E-state index is 13.4. The van der Waals surface area contributed by atoms with E-state index in [9.17, 15) is 9.18 Å².